The van der Waals surface area contributed by atoms with E-state index < -0.39 is 17.9 Å². The van der Waals surface area contributed by atoms with E-state index in [-0.39, 0.29) is 23.2 Å². The first-order valence-electron chi connectivity index (χ1n) is 8.36. The molecular formula is C17H24N8O2. The molecule has 2 rings (SSSR count). The number of aromatic nitrogens is 2. The highest BCUT2D eigenvalue weighted by Crippen LogP contribution is 2.22. The van der Waals surface area contributed by atoms with E-state index in [0.717, 1.165) is 0 Å². The van der Waals surface area contributed by atoms with Gasteiger partial charge in [-0.3, -0.25) is 15.4 Å². The number of hydrogen-bond donors (Lipinski definition) is 6. The van der Waals surface area contributed by atoms with Crippen LogP contribution in [0.1, 0.15) is 30.6 Å². The molecule has 0 saturated heterocycles. The molecule has 0 fully saturated rings. The number of primary amides is 2. The first kappa shape index (κ1) is 19.9. The summed E-state index contributed by atoms with van der Waals surface area (Å²) in [5, 5.41) is 5.91. The topological polar surface area (TPSA) is 174 Å². The number of nitrogen functional groups attached to an aromatic ring is 1. The number of benzene rings is 1. The fraction of sp³-hybridized carbons (Fsp3) is 0.294. The van der Waals surface area contributed by atoms with Crippen LogP contribution >= 0.6 is 0 Å². The van der Waals surface area contributed by atoms with Gasteiger partial charge in [0, 0.05) is 11.9 Å². The number of hydrazine groups is 1. The molecule has 1 aromatic carbocycles. The summed E-state index contributed by atoms with van der Waals surface area (Å²) in [6.07, 6.45) is 1.81. The second-order valence-electron chi connectivity index (χ2n) is 6.40. The normalized spacial score (nSPS) is 11.7. The predicted octanol–water partition coefficient (Wildman–Crippen LogP) is 0.917. The zero-order valence-corrected chi connectivity index (χ0v) is 15.2. The molecule has 1 aromatic heterocycles. The Bertz CT molecular complexity index is 824. The van der Waals surface area contributed by atoms with Crippen molar-refractivity contribution in [3.63, 3.8) is 0 Å². The first-order valence-corrected chi connectivity index (χ1v) is 8.36. The van der Waals surface area contributed by atoms with Gasteiger partial charge in [-0.15, -0.1) is 0 Å². The van der Waals surface area contributed by atoms with Gasteiger partial charge in [0.25, 0.3) is 5.91 Å². The van der Waals surface area contributed by atoms with Crippen LogP contribution in [0.3, 0.4) is 0 Å². The lowest BCUT2D eigenvalue weighted by Gasteiger charge is -2.18. The molecule has 0 aliphatic rings. The molecule has 0 aliphatic carbocycles. The predicted molar refractivity (Wildman–Crippen MR) is 104 cm³/mol. The van der Waals surface area contributed by atoms with Crippen molar-refractivity contribution in [2.24, 2.45) is 23.2 Å². The van der Waals surface area contributed by atoms with E-state index in [4.69, 9.17) is 17.3 Å². The molecule has 0 aliphatic heterocycles. The van der Waals surface area contributed by atoms with Crippen LogP contribution in [0.15, 0.2) is 30.5 Å². The Kier molecular flexibility index (Phi) is 6.50. The van der Waals surface area contributed by atoms with E-state index in [1.165, 1.54) is 6.20 Å². The Morgan fingerprint density at radius 3 is 2.48 bits per heavy atom. The van der Waals surface area contributed by atoms with Gasteiger partial charge in [0.15, 0.2) is 0 Å². The number of nitrogens with one attached hydrogen (secondary N) is 3. The van der Waals surface area contributed by atoms with Crippen molar-refractivity contribution >= 4 is 35.0 Å². The second-order valence-corrected chi connectivity index (χ2v) is 6.40. The van der Waals surface area contributed by atoms with Gasteiger partial charge in [0.05, 0.1) is 5.69 Å². The summed E-state index contributed by atoms with van der Waals surface area (Å²) in [5.74, 6) is 4.79. The third-order valence-electron chi connectivity index (χ3n) is 3.70. The fourth-order valence-corrected chi connectivity index (χ4v) is 2.42. The molecular weight excluding hydrogens is 348 g/mol. The summed E-state index contributed by atoms with van der Waals surface area (Å²) < 4.78 is 0. The molecule has 10 heteroatoms. The monoisotopic (exact) mass is 372 g/mol. The van der Waals surface area contributed by atoms with Gasteiger partial charge in [-0.05, 0) is 30.5 Å². The molecule has 10 nitrogen and oxygen atoms in total. The highest BCUT2D eigenvalue weighted by molar-refractivity contribution is 5.98. The number of nitrogens with zero attached hydrogens (tertiary/aromatic N) is 2. The van der Waals surface area contributed by atoms with E-state index in [1.807, 2.05) is 13.8 Å². The number of carbonyl (C=O) groups is 2. The van der Waals surface area contributed by atoms with Crippen LogP contribution in [-0.4, -0.2) is 27.8 Å². The summed E-state index contributed by atoms with van der Waals surface area (Å²) in [5.41, 5.74) is 14.8. The van der Waals surface area contributed by atoms with E-state index >= 15 is 0 Å². The molecule has 0 saturated carbocycles. The third-order valence-corrected chi connectivity index (χ3v) is 3.70. The maximum atomic E-state index is 11.7. The van der Waals surface area contributed by atoms with Gasteiger partial charge in [0.2, 0.25) is 11.9 Å². The fourth-order valence-electron chi connectivity index (χ4n) is 2.42. The lowest BCUT2D eigenvalue weighted by molar-refractivity contribution is -0.119. The highest BCUT2D eigenvalue weighted by Gasteiger charge is 2.19. The highest BCUT2D eigenvalue weighted by atomic mass is 16.1. The van der Waals surface area contributed by atoms with E-state index in [2.05, 4.69) is 26.0 Å². The lowest BCUT2D eigenvalue weighted by atomic mass is 10.0. The van der Waals surface area contributed by atoms with Crippen LogP contribution in [0.5, 0.6) is 0 Å². The van der Waals surface area contributed by atoms with Crippen LogP contribution in [0.4, 0.5) is 23.1 Å². The smallest absolute Gasteiger partial charge is 0.254 e. The van der Waals surface area contributed by atoms with E-state index in [1.54, 1.807) is 24.3 Å². The molecule has 144 valence electrons. The number of nitrogens with two attached hydrogens (primary N) is 3. The molecule has 1 heterocycles. The molecule has 2 aromatic rings. The summed E-state index contributed by atoms with van der Waals surface area (Å²) in [6.45, 7) is 3.94. The molecule has 0 radical (unpaired) electrons. The Morgan fingerprint density at radius 1 is 1.19 bits per heavy atom. The van der Waals surface area contributed by atoms with Crippen LogP contribution < -0.4 is 33.4 Å². The van der Waals surface area contributed by atoms with Crippen molar-refractivity contribution in [2.45, 2.75) is 26.3 Å². The van der Waals surface area contributed by atoms with Crippen LogP contribution in [-0.2, 0) is 4.79 Å². The van der Waals surface area contributed by atoms with Crippen molar-refractivity contribution in [2.75, 3.05) is 16.1 Å². The molecule has 1 unspecified atom stereocenters. The molecule has 0 spiro atoms. The maximum Gasteiger partial charge on any atom is 0.254 e. The standard InChI is InChI=1S/C17H24N8O2/c1-9(2)6-13(15(19)27)23-17-21-8-12(14(18)26)16(24-17)22-10-4-3-5-11(7-10)25-20/h3-5,7-9,13,25H,6,20H2,1-2H3,(H2,18,26)(H2,19,27)(H2,21,22,23,24). The third kappa shape index (κ3) is 5.54. The molecule has 27 heavy (non-hydrogen) atoms. The Balaban J connectivity index is 2.32. The number of rotatable bonds is 9. The molecule has 0 bridgehead atoms. The van der Waals surface area contributed by atoms with Gasteiger partial charge in [0.1, 0.15) is 17.4 Å². The number of carbonyl (C=O) groups excluding carboxylic acids is 2. The van der Waals surface area contributed by atoms with Gasteiger partial charge in [-0.1, -0.05) is 19.9 Å². The zero-order chi connectivity index (χ0) is 20.0. The Hall–Kier alpha value is -3.40. The summed E-state index contributed by atoms with van der Waals surface area (Å²) in [7, 11) is 0. The first-order chi connectivity index (χ1) is 12.8. The van der Waals surface area contributed by atoms with Crippen LogP contribution in [0, 0.1) is 5.92 Å². The molecule has 9 N–H and O–H groups in total. The lowest BCUT2D eigenvalue weighted by Crippen LogP contribution is -2.37. The minimum absolute atomic E-state index is 0.103. The van der Waals surface area contributed by atoms with Crippen molar-refractivity contribution in [1.82, 2.24) is 9.97 Å². The number of hydrogen-bond acceptors (Lipinski definition) is 8. The van der Waals surface area contributed by atoms with Gasteiger partial charge in [-0.2, -0.15) is 4.98 Å². The minimum atomic E-state index is -0.689. The van der Waals surface area contributed by atoms with E-state index in [9.17, 15) is 9.59 Å². The maximum absolute atomic E-state index is 11.7. The summed E-state index contributed by atoms with van der Waals surface area (Å²) in [6, 6.07) is 6.41. The SMILES string of the molecule is CC(C)CC(Nc1ncc(C(N)=O)c(Nc2cccc(NN)c2)n1)C(N)=O. The number of anilines is 4. The van der Waals surface area contributed by atoms with Gasteiger partial charge in [-0.25, -0.2) is 4.98 Å². The van der Waals surface area contributed by atoms with Crippen molar-refractivity contribution in [1.29, 1.82) is 0 Å². The minimum Gasteiger partial charge on any atom is -0.368 e. The summed E-state index contributed by atoms with van der Waals surface area (Å²) >= 11 is 0. The average Bonchev–Trinajstić information content (AvgIpc) is 2.60. The molecule has 2 amide bonds. The Morgan fingerprint density at radius 2 is 1.89 bits per heavy atom. The van der Waals surface area contributed by atoms with Gasteiger partial charge < -0.3 is 27.5 Å². The number of amides is 2. The average molecular weight is 372 g/mol. The van der Waals surface area contributed by atoms with Crippen LogP contribution in [0.2, 0.25) is 0 Å². The van der Waals surface area contributed by atoms with E-state index in [0.29, 0.717) is 17.8 Å². The summed E-state index contributed by atoms with van der Waals surface area (Å²) in [4.78, 5) is 31.7. The van der Waals surface area contributed by atoms with Gasteiger partial charge >= 0.3 is 0 Å². The zero-order valence-electron chi connectivity index (χ0n) is 15.2. The second kappa shape index (κ2) is 8.81. The van der Waals surface area contributed by atoms with Crippen molar-refractivity contribution < 1.29 is 9.59 Å². The Labute approximate surface area is 156 Å². The molecule has 1 atom stereocenters. The van der Waals surface area contributed by atoms with Crippen LogP contribution in [0.25, 0.3) is 0 Å². The van der Waals surface area contributed by atoms with Crippen molar-refractivity contribution in [3.8, 4) is 0 Å². The largest absolute Gasteiger partial charge is 0.368 e. The van der Waals surface area contributed by atoms with Crippen molar-refractivity contribution in [3.05, 3.63) is 36.0 Å². The quantitative estimate of drug-likeness (QED) is 0.278.